The molecule has 0 spiro atoms. The molecule has 1 aromatic heterocycles. The van der Waals surface area contributed by atoms with Crippen LogP contribution >= 0.6 is 11.3 Å². The maximum absolute atomic E-state index is 11.8. The first-order chi connectivity index (χ1) is 9.99. The summed E-state index contributed by atoms with van der Waals surface area (Å²) in [5.74, 6) is -0.931. The van der Waals surface area contributed by atoms with Gasteiger partial charge in [-0.3, -0.25) is 9.59 Å². The molecular formula is C13H20N4O3S. The average Bonchev–Trinajstić information content (AvgIpc) is 2.84. The number of piperidine rings is 1. The first-order valence-electron chi connectivity index (χ1n) is 6.71. The molecule has 1 aliphatic rings. The number of hydrogen-bond donors (Lipinski definition) is 3. The Morgan fingerprint density at radius 3 is 2.76 bits per heavy atom. The molecule has 21 heavy (non-hydrogen) atoms. The third-order valence-corrected chi connectivity index (χ3v) is 4.87. The lowest BCUT2D eigenvalue weighted by atomic mass is 10.1. The molecule has 0 aliphatic carbocycles. The fourth-order valence-electron chi connectivity index (χ4n) is 2.49. The van der Waals surface area contributed by atoms with Gasteiger partial charge in [-0.1, -0.05) is 0 Å². The first kappa shape index (κ1) is 15.6. The fourth-order valence-corrected chi connectivity index (χ4v) is 3.70. The number of amides is 2. The van der Waals surface area contributed by atoms with E-state index in [1.165, 1.54) is 18.4 Å². The van der Waals surface area contributed by atoms with E-state index in [0.717, 1.165) is 19.4 Å². The van der Waals surface area contributed by atoms with Crippen LogP contribution in [0.25, 0.3) is 0 Å². The molecule has 116 valence electrons. The molecule has 1 aromatic rings. The Kier molecular flexibility index (Phi) is 4.69. The van der Waals surface area contributed by atoms with Gasteiger partial charge >= 0.3 is 0 Å². The highest BCUT2D eigenvalue weighted by Crippen LogP contribution is 2.39. The number of hydrogen-bond acceptors (Lipinski definition) is 6. The van der Waals surface area contributed by atoms with Gasteiger partial charge in [0.05, 0.1) is 17.4 Å². The number of ether oxygens (including phenoxy) is 1. The van der Waals surface area contributed by atoms with Gasteiger partial charge in [0, 0.05) is 27.2 Å². The monoisotopic (exact) mass is 312 g/mol. The Balaban J connectivity index is 2.42. The third kappa shape index (κ3) is 2.96. The van der Waals surface area contributed by atoms with Crippen molar-refractivity contribution in [3.05, 3.63) is 10.4 Å². The van der Waals surface area contributed by atoms with Crippen LogP contribution in [0, 0.1) is 0 Å². The van der Waals surface area contributed by atoms with Crippen molar-refractivity contribution in [2.75, 3.05) is 37.9 Å². The lowest BCUT2D eigenvalue weighted by Crippen LogP contribution is -2.39. The smallest absolute Gasteiger partial charge is 0.263 e. The van der Waals surface area contributed by atoms with E-state index in [0.29, 0.717) is 16.4 Å². The van der Waals surface area contributed by atoms with Crippen molar-refractivity contribution < 1.29 is 14.3 Å². The lowest BCUT2D eigenvalue weighted by Gasteiger charge is -2.33. The summed E-state index contributed by atoms with van der Waals surface area (Å²) in [5.41, 5.74) is 11.8. The zero-order valence-corrected chi connectivity index (χ0v) is 13.0. The molecule has 0 aromatic carbocycles. The van der Waals surface area contributed by atoms with Gasteiger partial charge in [0.15, 0.2) is 0 Å². The van der Waals surface area contributed by atoms with Crippen molar-refractivity contribution in [2.45, 2.75) is 18.9 Å². The number of nitrogens with two attached hydrogens (primary N) is 2. The first-order valence-corrected chi connectivity index (χ1v) is 7.53. The van der Waals surface area contributed by atoms with Gasteiger partial charge in [-0.2, -0.15) is 0 Å². The zero-order valence-electron chi connectivity index (χ0n) is 12.1. The number of thiophene rings is 1. The second-order valence-corrected chi connectivity index (χ2v) is 5.91. The van der Waals surface area contributed by atoms with Crippen LogP contribution in [0.2, 0.25) is 0 Å². The maximum Gasteiger partial charge on any atom is 0.263 e. The van der Waals surface area contributed by atoms with Gasteiger partial charge in [-0.05, 0) is 12.8 Å². The molecule has 1 unspecified atom stereocenters. The molecule has 2 amide bonds. The summed E-state index contributed by atoms with van der Waals surface area (Å²) in [6, 6.07) is 0. The summed E-state index contributed by atoms with van der Waals surface area (Å²) in [6.45, 7) is 1.44. The number of anilines is 2. The largest absolute Gasteiger partial charge is 0.397 e. The van der Waals surface area contributed by atoms with Crippen LogP contribution < -0.4 is 21.7 Å². The molecule has 0 bridgehead atoms. The Hall–Kier alpha value is -1.80. The van der Waals surface area contributed by atoms with E-state index >= 15 is 0 Å². The third-order valence-electron chi connectivity index (χ3n) is 3.60. The highest BCUT2D eigenvalue weighted by Gasteiger charge is 2.29. The number of carbonyl (C=O) groups is 2. The number of nitrogens with zero attached hydrogens (tertiary/aromatic N) is 1. The van der Waals surface area contributed by atoms with Gasteiger partial charge in [-0.25, -0.2) is 0 Å². The molecule has 1 saturated heterocycles. The minimum atomic E-state index is -0.617. The van der Waals surface area contributed by atoms with Gasteiger partial charge in [0.1, 0.15) is 9.88 Å². The molecule has 8 heteroatoms. The molecule has 1 atom stereocenters. The van der Waals surface area contributed by atoms with Crippen LogP contribution in [-0.2, 0) is 4.74 Å². The van der Waals surface area contributed by atoms with Crippen molar-refractivity contribution >= 4 is 33.8 Å². The number of nitrogen functional groups attached to an aromatic ring is 1. The molecule has 1 fully saturated rings. The summed E-state index contributed by atoms with van der Waals surface area (Å²) >= 11 is 1.20. The Morgan fingerprint density at radius 1 is 1.48 bits per heavy atom. The average molecular weight is 312 g/mol. The van der Waals surface area contributed by atoms with Crippen LogP contribution in [0.3, 0.4) is 0 Å². The number of primary amides is 1. The maximum atomic E-state index is 11.8. The van der Waals surface area contributed by atoms with E-state index in [-0.39, 0.29) is 23.3 Å². The van der Waals surface area contributed by atoms with Crippen LogP contribution in [0.4, 0.5) is 10.7 Å². The topological polar surface area (TPSA) is 111 Å². The summed E-state index contributed by atoms with van der Waals surface area (Å²) in [4.78, 5) is 25.9. The minimum Gasteiger partial charge on any atom is -0.397 e. The van der Waals surface area contributed by atoms with Gasteiger partial charge in [0.25, 0.3) is 11.8 Å². The second kappa shape index (κ2) is 6.31. The van der Waals surface area contributed by atoms with E-state index in [9.17, 15) is 9.59 Å². The SMILES string of the molecule is CNC(=O)c1sc(N2CCCC(OC)C2)c(C(N)=O)c1N. The zero-order chi connectivity index (χ0) is 15.6. The molecule has 0 radical (unpaired) electrons. The van der Waals surface area contributed by atoms with Crippen molar-refractivity contribution in [2.24, 2.45) is 5.73 Å². The van der Waals surface area contributed by atoms with Crippen LogP contribution in [-0.4, -0.2) is 45.2 Å². The quantitative estimate of drug-likeness (QED) is 0.745. The summed E-state index contributed by atoms with van der Waals surface area (Å²) in [5, 5.41) is 3.17. The van der Waals surface area contributed by atoms with Crippen molar-refractivity contribution in [1.82, 2.24) is 5.32 Å². The van der Waals surface area contributed by atoms with E-state index < -0.39 is 5.91 Å². The standard InChI is InChI=1S/C13H20N4O3S/c1-16-12(19)10-9(14)8(11(15)18)13(21-10)17-5-3-4-7(6-17)20-2/h7H,3-6,14H2,1-2H3,(H2,15,18)(H,16,19). The van der Waals surface area contributed by atoms with Crippen molar-refractivity contribution in [1.29, 1.82) is 0 Å². The minimum absolute atomic E-state index is 0.103. The normalized spacial score (nSPS) is 18.6. The molecule has 7 nitrogen and oxygen atoms in total. The Labute approximate surface area is 127 Å². The summed E-state index contributed by atoms with van der Waals surface area (Å²) < 4.78 is 5.39. The number of methoxy groups -OCH3 is 1. The molecule has 0 saturated carbocycles. The Morgan fingerprint density at radius 2 is 2.19 bits per heavy atom. The predicted molar refractivity (Wildman–Crippen MR) is 82.9 cm³/mol. The molecule has 2 heterocycles. The molecule has 1 aliphatic heterocycles. The molecule has 5 N–H and O–H groups in total. The number of nitrogens with one attached hydrogen (secondary N) is 1. The molecular weight excluding hydrogens is 292 g/mol. The van der Waals surface area contributed by atoms with Crippen LogP contribution in [0.5, 0.6) is 0 Å². The van der Waals surface area contributed by atoms with Gasteiger partial charge in [-0.15, -0.1) is 11.3 Å². The fraction of sp³-hybridized carbons (Fsp3) is 0.538. The predicted octanol–water partition coefficient (Wildman–Crippen LogP) is 0.404. The van der Waals surface area contributed by atoms with Crippen LogP contribution in [0.15, 0.2) is 0 Å². The van der Waals surface area contributed by atoms with E-state index in [2.05, 4.69) is 5.32 Å². The van der Waals surface area contributed by atoms with E-state index in [1.54, 1.807) is 7.11 Å². The van der Waals surface area contributed by atoms with Gasteiger partial charge in [0.2, 0.25) is 0 Å². The van der Waals surface area contributed by atoms with Crippen molar-refractivity contribution in [3.8, 4) is 0 Å². The second-order valence-electron chi connectivity index (χ2n) is 4.91. The van der Waals surface area contributed by atoms with Crippen LogP contribution in [0.1, 0.15) is 32.9 Å². The van der Waals surface area contributed by atoms with Gasteiger partial charge < -0.3 is 26.4 Å². The number of rotatable bonds is 4. The highest BCUT2D eigenvalue weighted by molar-refractivity contribution is 7.19. The lowest BCUT2D eigenvalue weighted by molar-refractivity contribution is 0.0892. The summed E-state index contributed by atoms with van der Waals surface area (Å²) in [7, 11) is 3.19. The Bertz CT molecular complexity index is 558. The highest BCUT2D eigenvalue weighted by atomic mass is 32.1. The van der Waals surface area contributed by atoms with Crippen molar-refractivity contribution in [3.63, 3.8) is 0 Å². The van der Waals surface area contributed by atoms with E-state index in [1.807, 2.05) is 4.90 Å². The summed E-state index contributed by atoms with van der Waals surface area (Å²) in [6.07, 6.45) is 2.03. The van der Waals surface area contributed by atoms with E-state index in [4.69, 9.17) is 16.2 Å². The number of carbonyl (C=O) groups excluding carboxylic acids is 2. The molecule has 2 rings (SSSR count).